The third kappa shape index (κ3) is 6.03. The molecule has 4 rings (SSSR count). The van der Waals surface area contributed by atoms with Gasteiger partial charge < -0.3 is 9.84 Å². The van der Waals surface area contributed by atoms with Crippen LogP contribution in [0.5, 0.6) is 5.75 Å². The summed E-state index contributed by atoms with van der Waals surface area (Å²) < 4.78 is 21.1. The molecule has 0 spiro atoms. The summed E-state index contributed by atoms with van der Waals surface area (Å²) in [5.74, 6) is 0.461. The smallest absolute Gasteiger partial charge is 0.322 e. The van der Waals surface area contributed by atoms with E-state index in [0.717, 1.165) is 49.3 Å². The van der Waals surface area contributed by atoms with Gasteiger partial charge in [0, 0.05) is 37.3 Å². The molecule has 0 saturated carbocycles. The highest BCUT2D eigenvalue weighted by molar-refractivity contribution is 8.01. The van der Waals surface area contributed by atoms with E-state index in [1.807, 2.05) is 24.3 Å². The van der Waals surface area contributed by atoms with Crippen molar-refractivity contribution in [2.75, 3.05) is 45.6 Å². The Labute approximate surface area is 201 Å². The Hall–Kier alpha value is -2.20. The second-order valence-corrected chi connectivity index (χ2v) is 10.4. The van der Waals surface area contributed by atoms with Gasteiger partial charge in [-0.3, -0.25) is 19.6 Å². The Morgan fingerprint density at radius 3 is 2.97 bits per heavy atom. The van der Waals surface area contributed by atoms with E-state index in [1.165, 1.54) is 10.4 Å². The van der Waals surface area contributed by atoms with Gasteiger partial charge in [0.1, 0.15) is 17.6 Å². The molecule has 9 heteroatoms. The van der Waals surface area contributed by atoms with Crippen molar-refractivity contribution >= 4 is 40.0 Å². The number of rotatable bonds is 10. The van der Waals surface area contributed by atoms with Gasteiger partial charge in [-0.05, 0) is 54.6 Å². The number of carboxylic acid groups (broad SMARTS) is 1. The summed E-state index contributed by atoms with van der Waals surface area (Å²) in [6, 6.07) is 9.10. The molecule has 1 atom stereocenters. The highest BCUT2D eigenvalue weighted by Crippen LogP contribution is 2.26. The van der Waals surface area contributed by atoms with Crippen molar-refractivity contribution < 1.29 is 19.0 Å². The first-order valence-electron chi connectivity index (χ1n) is 11.0. The summed E-state index contributed by atoms with van der Waals surface area (Å²) in [5, 5.41) is 12.6. The molecule has 1 saturated heterocycles. The number of carbonyl (C=O) groups is 1. The average molecular weight is 490 g/mol. The van der Waals surface area contributed by atoms with Crippen LogP contribution < -0.4 is 4.74 Å². The number of aryl methyl sites for hydroxylation is 1. The lowest BCUT2D eigenvalue weighted by Gasteiger charge is -2.39. The zero-order chi connectivity index (χ0) is 23.2. The van der Waals surface area contributed by atoms with Gasteiger partial charge in [0.15, 0.2) is 0 Å². The average Bonchev–Trinajstić information content (AvgIpc) is 3.34. The second-order valence-electron chi connectivity index (χ2n) is 8.04. The maximum Gasteiger partial charge on any atom is 0.322 e. The number of aliphatic carboxylic acids is 1. The topological polar surface area (TPSA) is 65.9 Å². The third-order valence-electron chi connectivity index (χ3n) is 6.01. The van der Waals surface area contributed by atoms with E-state index < -0.39 is 12.0 Å². The summed E-state index contributed by atoms with van der Waals surface area (Å²) in [6.07, 6.45) is 2.58. The number of pyridine rings is 1. The summed E-state index contributed by atoms with van der Waals surface area (Å²) in [7, 11) is 1.59. The van der Waals surface area contributed by atoms with Gasteiger partial charge >= 0.3 is 5.97 Å². The van der Waals surface area contributed by atoms with Crippen LogP contribution in [-0.2, 0) is 11.2 Å². The van der Waals surface area contributed by atoms with Crippen molar-refractivity contribution in [2.24, 2.45) is 0 Å². The first kappa shape index (κ1) is 23.9. The van der Waals surface area contributed by atoms with Crippen molar-refractivity contribution in [1.29, 1.82) is 0 Å². The molecule has 1 aliphatic rings. The summed E-state index contributed by atoms with van der Waals surface area (Å²) >= 11 is 3.48. The minimum atomic E-state index is -0.779. The first-order chi connectivity index (χ1) is 16.0. The SMILES string of the molecule is COc1ccc2ncc(F)c(CCCN3CCN(CCSc4cccs4)[C@@H](C(=O)O)C3)c2c1. The van der Waals surface area contributed by atoms with Crippen LogP contribution in [0.1, 0.15) is 12.0 Å². The molecular weight excluding hydrogens is 461 g/mol. The van der Waals surface area contributed by atoms with Gasteiger partial charge in [0.05, 0.1) is 23.0 Å². The summed E-state index contributed by atoms with van der Waals surface area (Å²) in [5.41, 5.74) is 1.38. The summed E-state index contributed by atoms with van der Waals surface area (Å²) in [4.78, 5) is 20.3. The number of fused-ring (bicyclic) bond motifs is 1. The molecule has 33 heavy (non-hydrogen) atoms. The van der Waals surface area contributed by atoms with E-state index in [9.17, 15) is 14.3 Å². The van der Waals surface area contributed by atoms with Crippen LogP contribution in [0.2, 0.25) is 0 Å². The quantitative estimate of drug-likeness (QED) is 0.427. The number of carboxylic acids is 1. The first-order valence-corrected chi connectivity index (χ1v) is 12.9. The molecule has 0 aliphatic carbocycles. The van der Waals surface area contributed by atoms with Crippen LogP contribution >= 0.6 is 23.1 Å². The predicted octanol–water partition coefficient (Wildman–Crippen LogP) is 4.24. The minimum Gasteiger partial charge on any atom is -0.497 e. The fourth-order valence-electron chi connectivity index (χ4n) is 4.25. The van der Waals surface area contributed by atoms with E-state index in [4.69, 9.17) is 4.74 Å². The molecule has 3 aromatic rings. The number of thioether (sulfide) groups is 1. The lowest BCUT2D eigenvalue weighted by molar-refractivity contribution is -0.145. The molecule has 6 nitrogen and oxygen atoms in total. The molecule has 2 aromatic heterocycles. The van der Waals surface area contributed by atoms with E-state index in [2.05, 4.69) is 26.2 Å². The van der Waals surface area contributed by atoms with Crippen molar-refractivity contribution in [3.63, 3.8) is 0 Å². The third-order valence-corrected chi connectivity index (χ3v) is 8.12. The van der Waals surface area contributed by atoms with Crippen LogP contribution in [0.25, 0.3) is 10.9 Å². The van der Waals surface area contributed by atoms with Gasteiger partial charge in [-0.15, -0.1) is 23.1 Å². The van der Waals surface area contributed by atoms with E-state index in [-0.39, 0.29) is 5.82 Å². The van der Waals surface area contributed by atoms with Gasteiger partial charge in [0.2, 0.25) is 0 Å². The van der Waals surface area contributed by atoms with Crippen molar-refractivity contribution in [3.8, 4) is 5.75 Å². The normalized spacial score (nSPS) is 17.5. The molecule has 1 aliphatic heterocycles. The molecule has 1 N–H and O–H groups in total. The molecule has 176 valence electrons. The number of hydrogen-bond donors (Lipinski definition) is 1. The van der Waals surface area contributed by atoms with Crippen molar-refractivity contribution in [2.45, 2.75) is 23.1 Å². The van der Waals surface area contributed by atoms with Crippen LogP contribution in [0.4, 0.5) is 4.39 Å². The second kappa shape index (κ2) is 11.3. The van der Waals surface area contributed by atoms with Gasteiger partial charge in [-0.2, -0.15) is 0 Å². The zero-order valence-electron chi connectivity index (χ0n) is 18.6. The fraction of sp³-hybridized carbons (Fsp3) is 0.417. The minimum absolute atomic E-state index is 0.313. The van der Waals surface area contributed by atoms with Gasteiger partial charge in [-0.1, -0.05) is 6.07 Å². The largest absolute Gasteiger partial charge is 0.497 e. The number of halogens is 1. The highest BCUT2D eigenvalue weighted by Gasteiger charge is 2.31. The van der Waals surface area contributed by atoms with Crippen LogP contribution in [0.15, 0.2) is 46.1 Å². The Kier molecular flexibility index (Phi) is 8.19. The Morgan fingerprint density at radius 1 is 1.33 bits per heavy atom. The standard InChI is InChI=1S/C24H28FN3O3S2/c1-31-17-6-7-21-19(14-17)18(20(25)15-26-21)4-2-8-27-9-10-28(22(16-27)24(29)30)11-13-33-23-5-3-12-32-23/h3,5-7,12,14-15,22H,2,4,8-11,13,16H2,1H3,(H,29,30)/t22-/m1/s1. The highest BCUT2D eigenvalue weighted by atomic mass is 32.2. The zero-order valence-corrected chi connectivity index (χ0v) is 20.2. The number of benzene rings is 1. The van der Waals surface area contributed by atoms with E-state index in [0.29, 0.717) is 24.3 Å². The molecule has 0 unspecified atom stereocenters. The molecular formula is C24H28FN3O3S2. The maximum absolute atomic E-state index is 14.6. The lowest BCUT2D eigenvalue weighted by Crippen LogP contribution is -2.56. The molecule has 1 fully saturated rings. The number of ether oxygens (including phenoxy) is 1. The van der Waals surface area contributed by atoms with Gasteiger partial charge in [-0.25, -0.2) is 4.39 Å². The summed E-state index contributed by atoms with van der Waals surface area (Å²) in [6.45, 7) is 3.52. The van der Waals surface area contributed by atoms with Crippen LogP contribution in [0, 0.1) is 5.82 Å². The number of nitrogens with zero attached hydrogens (tertiary/aromatic N) is 3. The van der Waals surface area contributed by atoms with Crippen molar-refractivity contribution in [3.05, 3.63) is 53.3 Å². The van der Waals surface area contributed by atoms with Crippen molar-refractivity contribution in [1.82, 2.24) is 14.8 Å². The molecule has 0 amide bonds. The molecule has 1 aromatic carbocycles. The predicted molar refractivity (Wildman–Crippen MR) is 131 cm³/mol. The monoisotopic (exact) mass is 489 g/mol. The Morgan fingerprint density at radius 2 is 2.21 bits per heavy atom. The molecule has 0 radical (unpaired) electrons. The van der Waals surface area contributed by atoms with Gasteiger partial charge in [0.25, 0.3) is 0 Å². The number of hydrogen-bond acceptors (Lipinski definition) is 7. The van der Waals surface area contributed by atoms with E-state index in [1.54, 1.807) is 30.2 Å². The van der Waals surface area contributed by atoms with Crippen LogP contribution in [0.3, 0.4) is 0 Å². The molecule has 0 bridgehead atoms. The van der Waals surface area contributed by atoms with E-state index >= 15 is 0 Å². The Balaban J connectivity index is 1.32. The number of methoxy groups -OCH3 is 1. The fourth-order valence-corrected chi connectivity index (χ4v) is 6.09. The number of thiophene rings is 1. The lowest BCUT2D eigenvalue weighted by atomic mass is 10.0. The number of piperazine rings is 1. The maximum atomic E-state index is 14.6. The number of aromatic nitrogens is 1. The van der Waals surface area contributed by atoms with Crippen LogP contribution in [-0.4, -0.2) is 77.5 Å². The molecule has 3 heterocycles. The Bertz CT molecular complexity index is 1080.